The van der Waals surface area contributed by atoms with E-state index in [4.69, 9.17) is 11.0 Å². The Morgan fingerprint density at radius 2 is 2.11 bits per heavy atom. The van der Waals surface area contributed by atoms with Gasteiger partial charge in [-0.3, -0.25) is 0 Å². The zero-order chi connectivity index (χ0) is 14.0. The summed E-state index contributed by atoms with van der Waals surface area (Å²) in [6.07, 6.45) is 1.30. The van der Waals surface area contributed by atoms with Crippen LogP contribution in [0.3, 0.4) is 0 Å². The summed E-state index contributed by atoms with van der Waals surface area (Å²) in [6.45, 7) is 2.26. The molecule has 1 aromatic rings. The Balaban J connectivity index is 2.41. The maximum Gasteiger partial charge on any atom is 0.244 e. The summed E-state index contributed by atoms with van der Waals surface area (Å²) >= 11 is 0. The minimum absolute atomic E-state index is 0.0488. The first-order valence-corrected chi connectivity index (χ1v) is 7.67. The highest BCUT2D eigenvalue weighted by Gasteiger charge is 2.34. The molecule has 0 aromatic heterocycles. The maximum atomic E-state index is 12.6. The number of piperidine rings is 1. The van der Waals surface area contributed by atoms with E-state index in [9.17, 15) is 8.42 Å². The van der Waals surface area contributed by atoms with Gasteiger partial charge >= 0.3 is 0 Å². The van der Waals surface area contributed by atoms with Gasteiger partial charge in [0.05, 0.1) is 10.5 Å². The molecular formula is C13H17N3O2S. The molecule has 1 aliphatic heterocycles. The Bertz CT molecular complexity index is 607. The second-order valence-electron chi connectivity index (χ2n) is 4.86. The molecule has 0 saturated carbocycles. The fourth-order valence-electron chi connectivity index (χ4n) is 2.45. The first kappa shape index (κ1) is 14.0. The molecule has 1 aromatic carbocycles. The van der Waals surface area contributed by atoms with E-state index in [2.05, 4.69) is 0 Å². The molecule has 102 valence electrons. The van der Waals surface area contributed by atoms with Gasteiger partial charge in [0.1, 0.15) is 6.07 Å². The highest BCUT2D eigenvalue weighted by atomic mass is 32.2. The Kier molecular flexibility index (Phi) is 3.90. The van der Waals surface area contributed by atoms with Crippen LogP contribution in [-0.4, -0.2) is 31.4 Å². The van der Waals surface area contributed by atoms with Crippen molar-refractivity contribution in [2.24, 2.45) is 5.73 Å². The highest BCUT2D eigenvalue weighted by molar-refractivity contribution is 7.89. The van der Waals surface area contributed by atoms with Gasteiger partial charge in [-0.2, -0.15) is 9.57 Å². The van der Waals surface area contributed by atoms with E-state index in [1.54, 1.807) is 12.1 Å². The molecule has 2 atom stereocenters. The van der Waals surface area contributed by atoms with E-state index in [-0.39, 0.29) is 22.5 Å². The van der Waals surface area contributed by atoms with Gasteiger partial charge in [-0.1, -0.05) is 12.1 Å². The van der Waals surface area contributed by atoms with Crippen LogP contribution in [0, 0.1) is 11.3 Å². The van der Waals surface area contributed by atoms with Crippen molar-refractivity contribution in [2.75, 3.05) is 6.54 Å². The van der Waals surface area contributed by atoms with Crippen LogP contribution in [0.5, 0.6) is 0 Å². The van der Waals surface area contributed by atoms with Crippen molar-refractivity contribution in [3.8, 4) is 6.07 Å². The molecule has 6 heteroatoms. The van der Waals surface area contributed by atoms with Crippen LogP contribution in [0.4, 0.5) is 0 Å². The van der Waals surface area contributed by atoms with Crippen molar-refractivity contribution in [2.45, 2.75) is 36.7 Å². The summed E-state index contributed by atoms with van der Waals surface area (Å²) in [6, 6.07) is 8.14. The number of benzene rings is 1. The molecule has 5 nitrogen and oxygen atoms in total. The molecule has 0 bridgehead atoms. The van der Waals surface area contributed by atoms with E-state index in [0.717, 1.165) is 0 Å². The van der Waals surface area contributed by atoms with Crippen molar-refractivity contribution in [1.29, 1.82) is 5.26 Å². The first-order valence-electron chi connectivity index (χ1n) is 6.23. The van der Waals surface area contributed by atoms with Crippen molar-refractivity contribution in [3.05, 3.63) is 29.8 Å². The molecule has 2 unspecified atom stereocenters. The normalized spacial score (nSPS) is 24.9. The number of nitrogens with two attached hydrogens (primary N) is 1. The maximum absolute atomic E-state index is 12.6. The number of hydrogen-bond acceptors (Lipinski definition) is 4. The molecule has 1 fully saturated rings. The average Bonchev–Trinajstić information content (AvgIpc) is 2.38. The Morgan fingerprint density at radius 1 is 1.42 bits per heavy atom. The second-order valence-corrected chi connectivity index (χ2v) is 6.72. The standard InChI is InChI=1S/C13H17N3O2S/c1-10-8-12(15)6-7-16(10)19(17,18)13-5-3-2-4-11(13)9-14/h2-5,10,12H,6-8,15H2,1H3. The molecule has 19 heavy (non-hydrogen) atoms. The fraction of sp³-hybridized carbons (Fsp3) is 0.462. The van der Waals surface area contributed by atoms with Gasteiger partial charge in [-0.05, 0) is 31.9 Å². The third-order valence-electron chi connectivity index (χ3n) is 3.45. The number of rotatable bonds is 2. The molecule has 1 aliphatic rings. The Morgan fingerprint density at radius 3 is 2.74 bits per heavy atom. The van der Waals surface area contributed by atoms with Gasteiger partial charge < -0.3 is 5.73 Å². The molecule has 0 aliphatic carbocycles. The topological polar surface area (TPSA) is 87.2 Å². The van der Waals surface area contributed by atoms with Gasteiger partial charge in [0.25, 0.3) is 0 Å². The summed E-state index contributed by atoms with van der Waals surface area (Å²) in [7, 11) is -3.62. The lowest BCUT2D eigenvalue weighted by molar-refractivity contribution is 0.247. The highest BCUT2D eigenvalue weighted by Crippen LogP contribution is 2.26. The smallest absolute Gasteiger partial charge is 0.244 e. The van der Waals surface area contributed by atoms with Crippen LogP contribution in [0.1, 0.15) is 25.3 Å². The number of hydrogen-bond donors (Lipinski definition) is 1. The monoisotopic (exact) mass is 279 g/mol. The number of sulfonamides is 1. The van der Waals surface area contributed by atoms with Crippen LogP contribution in [0.15, 0.2) is 29.2 Å². The molecule has 1 heterocycles. The van der Waals surface area contributed by atoms with E-state index in [1.807, 2.05) is 13.0 Å². The summed E-state index contributed by atoms with van der Waals surface area (Å²) in [4.78, 5) is 0.0832. The average molecular weight is 279 g/mol. The van der Waals surface area contributed by atoms with Gasteiger partial charge in [-0.25, -0.2) is 8.42 Å². The third kappa shape index (κ3) is 2.63. The Labute approximate surface area is 113 Å². The zero-order valence-electron chi connectivity index (χ0n) is 10.8. The first-order chi connectivity index (χ1) is 8.96. The van der Waals surface area contributed by atoms with Crippen molar-refractivity contribution in [1.82, 2.24) is 4.31 Å². The van der Waals surface area contributed by atoms with Gasteiger partial charge in [0.15, 0.2) is 0 Å². The van der Waals surface area contributed by atoms with Crippen molar-refractivity contribution in [3.63, 3.8) is 0 Å². The lowest BCUT2D eigenvalue weighted by atomic mass is 10.0. The molecule has 2 N–H and O–H groups in total. The minimum Gasteiger partial charge on any atom is -0.328 e. The van der Waals surface area contributed by atoms with Gasteiger partial charge in [0, 0.05) is 18.6 Å². The van der Waals surface area contributed by atoms with Crippen LogP contribution >= 0.6 is 0 Å². The van der Waals surface area contributed by atoms with E-state index < -0.39 is 10.0 Å². The number of nitrogens with zero attached hydrogens (tertiary/aromatic N) is 2. The Hall–Kier alpha value is -1.42. The molecule has 0 amide bonds. The molecule has 0 radical (unpaired) electrons. The quantitative estimate of drug-likeness (QED) is 0.876. The number of nitriles is 1. The summed E-state index contributed by atoms with van der Waals surface area (Å²) in [5, 5.41) is 9.04. The molecule has 1 saturated heterocycles. The SMILES string of the molecule is CC1CC(N)CCN1S(=O)(=O)c1ccccc1C#N. The van der Waals surface area contributed by atoms with E-state index in [0.29, 0.717) is 19.4 Å². The van der Waals surface area contributed by atoms with Crippen LogP contribution in [0.2, 0.25) is 0 Å². The predicted molar refractivity (Wildman–Crippen MR) is 71.7 cm³/mol. The molecular weight excluding hydrogens is 262 g/mol. The van der Waals surface area contributed by atoms with Crippen molar-refractivity contribution >= 4 is 10.0 Å². The fourth-order valence-corrected chi connectivity index (χ4v) is 4.25. The predicted octanol–water partition coefficient (Wildman–Crippen LogP) is 1.06. The van der Waals surface area contributed by atoms with Crippen LogP contribution in [0.25, 0.3) is 0 Å². The largest absolute Gasteiger partial charge is 0.328 e. The lowest BCUT2D eigenvalue weighted by Gasteiger charge is -2.35. The van der Waals surface area contributed by atoms with E-state index in [1.165, 1.54) is 16.4 Å². The van der Waals surface area contributed by atoms with Gasteiger partial charge in [-0.15, -0.1) is 0 Å². The molecule has 0 spiro atoms. The summed E-state index contributed by atoms with van der Waals surface area (Å²) in [5.74, 6) is 0. The van der Waals surface area contributed by atoms with E-state index >= 15 is 0 Å². The lowest BCUT2D eigenvalue weighted by Crippen LogP contribution is -2.48. The second kappa shape index (κ2) is 5.29. The van der Waals surface area contributed by atoms with Crippen LogP contribution in [-0.2, 0) is 10.0 Å². The van der Waals surface area contributed by atoms with Crippen molar-refractivity contribution < 1.29 is 8.42 Å². The third-order valence-corrected chi connectivity index (χ3v) is 5.52. The van der Waals surface area contributed by atoms with Gasteiger partial charge in [0.2, 0.25) is 10.0 Å². The minimum atomic E-state index is -3.62. The molecule has 2 rings (SSSR count). The summed E-state index contributed by atoms with van der Waals surface area (Å²) < 4.78 is 26.7. The summed E-state index contributed by atoms with van der Waals surface area (Å²) in [5.41, 5.74) is 6.04. The van der Waals surface area contributed by atoms with Crippen LogP contribution < -0.4 is 5.73 Å². The zero-order valence-corrected chi connectivity index (χ0v) is 11.6.